The molecule has 1 N–H and O–H groups in total. The van der Waals surface area contributed by atoms with Gasteiger partial charge in [-0.05, 0) is 74.5 Å². The topological polar surface area (TPSA) is 99.5 Å². The van der Waals surface area contributed by atoms with Crippen LogP contribution in [0.1, 0.15) is 29.6 Å². The number of methoxy groups -OCH3 is 1. The van der Waals surface area contributed by atoms with Crippen molar-refractivity contribution >= 4 is 27.2 Å². The molecular weight excluding hydrogens is 497 g/mol. The average molecular weight is 528 g/mol. The van der Waals surface area contributed by atoms with Crippen LogP contribution in [-0.4, -0.2) is 63.3 Å². The van der Waals surface area contributed by atoms with E-state index in [4.69, 9.17) is 9.94 Å². The molecule has 0 atom stereocenters. The number of carbonyl (C=O) groups is 1. The number of allylic oxidation sites excluding steroid dienone is 3. The van der Waals surface area contributed by atoms with Gasteiger partial charge in [0.2, 0.25) is 0 Å². The van der Waals surface area contributed by atoms with Gasteiger partial charge in [0.15, 0.2) is 5.78 Å². The number of benzene rings is 2. The Morgan fingerprint density at radius 1 is 1.14 bits per heavy atom. The lowest BCUT2D eigenvalue weighted by molar-refractivity contribution is 0.0843. The third kappa shape index (κ3) is 6.08. The van der Waals surface area contributed by atoms with E-state index in [2.05, 4.69) is 10.1 Å². The van der Waals surface area contributed by atoms with Crippen molar-refractivity contribution in [3.8, 4) is 5.75 Å². The summed E-state index contributed by atoms with van der Waals surface area (Å²) in [6, 6.07) is 12.6. The molecule has 2 aromatic carbocycles. The molecule has 1 heterocycles. The number of hydrogen-bond donors (Lipinski definition) is 1. The van der Waals surface area contributed by atoms with E-state index in [-0.39, 0.29) is 35.4 Å². The molecule has 196 valence electrons. The number of hydrogen-bond acceptors (Lipinski definition) is 7. The summed E-state index contributed by atoms with van der Waals surface area (Å²) in [5.41, 5.74) is 1.32. The molecule has 4 rings (SSSR count). The molecule has 2 aliphatic rings. The molecule has 10 heteroatoms. The fraction of sp³-hybridized carbons (Fsp3) is 0.333. The Hall–Kier alpha value is -3.50. The van der Waals surface area contributed by atoms with E-state index in [9.17, 15) is 17.6 Å². The molecule has 0 saturated carbocycles. The predicted octanol–water partition coefficient (Wildman–Crippen LogP) is 4.24. The largest absolute Gasteiger partial charge is 0.495 e. The number of Topliss-reactive ketones (excluding diaryl/α,β-unsaturated/α-hetero) is 1. The number of rotatable bonds is 9. The van der Waals surface area contributed by atoms with Crippen LogP contribution in [0, 0.1) is 11.7 Å². The van der Waals surface area contributed by atoms with Crippen molar-refractivity contribution in [1.29, 1.82) is 0 Å². The van der Waals surface area contributed by atoms with Gasteiger partial charge < -0.3 is 14.8 Å². The first kappa shape index (κ1) is 26.6. The smallest absolute Gasteiger partial charge is 0.264 e. The lowest BCUT2D eigenvalue weighted by Crippen LogP contribution is -2.43. The fourth-order valence-electron chi connectivity index (χ4n) is 4.62. The summed E-state index contributed by atoms with van der Waals surface area (Å²) >= 11 is 0. The van der Waals surface area contributed by atoms with E-state index in [1.807, 2.05) is 0 Å². The molecule has 1 fully saturated rings. The van der Waals surface area contributed by atoms with Crippen LogP contribution >= 0.6 is 0 Å². The average Bonchev–Trinajstić information content (AvgIpc) is 2.93. The molecule has 1 aliphatic carbocycles. The summed E-state index contributed by atoms with van der Waals surface area (Å²) in [6.07, 6.45) is 5.94. The lowest BCUT2D eigenvalue weighted by Gasteiger charge is -2.34. The Labute approximate surface area is 216 Å². The number of ether oxygens (including phenoxy) is 1. The number of piperidine rings is 1. The van der Waals surface area contributed by atoms with Crippen molar-refractivity contribution in [2.45, 2.75) is 19.3 Å². The van der Waals surface area contributed by atoms with Crippen LogP contribution in [0.15, 0.2) is 76.8 Å². The van der Waals surface area contributed by atoms with Gasteiger partial charge in [0, 0.05) is 31.0 Å². The molecule has 0 spiro atoms. The Morgan fingerprint density at radius 2 is 1.84 bits per heavy atom. The van der Waals surface area contributed by atoms with Gasteiger partial charge in [-0.15, -0.1) is 0 Å². The van der Waals surface area contributed by atoms with Gasteiger partial charge in [0.1, 0.15) is 11.6 Å². The monoisotopic (exact) mass is 527 g/mol. The van der Waals surface area contributed by atoms with E-state index >= 15 is 0 Å². The van der Waals surface area contributed by atoms with Crippen molar-refractivity contribution in [1.82, 2.24) is 4.90 Å². The minimum atomic E-state index is -3.93. The number of nitrogens with zero attached hydrogens (tertiary/aromatic N) is 3. The molecule has 2 aromatic rings. The lowest BCUT2D eigenvalue weighted by atomic mass is 9.89. The van der Waals surface area contributed by atoms with Crippen LogP contribution in [0.2, 0.25) is 0 Å². The summed E-state index contributed by atoms with van der Waals surface area (Å²) < 4.78 is 47.4. The number of oxime groups is 1. The van der Waals surface area contributed by atoms with Gasteiger partial charge in [-0.2, -0.15) is 0 Å². The van der Waals surface area contributed by atoms with Crippen LogP contribution in [-0.2, 0) is 10.0 Å². The molecule has 0 bridgehead atoms. The van der Waals surface area contributed by atoms with Crippen molar-refractivity contribution in [3.05, 3.63) is 83.0 Å². The summed E-state index contributed by atoms with van der Waals surface area (Å²) in [6.45, 7) is 1.95. The Balaban J connectivity index is 1.47. The maximum Gasteiger partial charge on any atom is 0.264 e. The standard InChI is InChI=1S/C27H30FN3O5S/c1-36-26-5-3-2-4-25(26)31(37(34,35)24-12-10-23(29-33)11-13-24)19-18-30-16-14-21(15-17-30)27(32)20-6-8-22(28)9-7-20/h2-10,12-13,21,33H,11,14-19H2,1H3. The van der Waals surface area contributed by atoms with Crippen molar-refractivity contribution < 1.29 is 27.5 Å². The van der Waals surface area contributed by atoms with Crippen molar-refractivity contribution in [3.63, 3.8) is 0 Å². The second-order valence-corrected chi connectivity index (χ2v) is 10.8. The third-order valence-electron chi connectivity index (χ3n) is 6.73. The summed E-state index contributed by atoms with van der Waals surface area (Å²) in [4.78, 5) is 15.1. The van der Waals surface area contributed by atoms with Crippen molar-refractivity contribution in [2.75, 3.05) is 37.6 Å². The summed E-state index contributed by atoms with van der Waals surface area (Å²) in [5.74, 6) is -0.0644. The molecular formula is C27H30FN3O5S. The van der Waals surface area contributed by atoms with Crippen LogP contribution < -0.4 is 9.04 Å². The number of likely N-dealkylation sites (tertiary alicyclic amines) is 1. The van der Waals surface area contributed by atoms with Crippen LogP contribution in [0.5, 0.6) is 5.75 Å². The summed E-state index contributed by atoms with van der Waals surface area (Å²) in [5, 5.41) is 12.1. The molecule has 0 aromatic heterocycles. The highest BCUT2D eigenvalue weighted by Crippen LogP contribution is 2.33. The van der Waals surface area contributed by atoms with Gasteiger partial charge in [-0.25, -0.2) is 12.8 Å². The summed E-state index contributed by atoms with van der Waals surface area (Å²) in [7, 11) is -2.43. The number of para-hydroxylation sites is 2. The minimum Gasteiger partial charge on any atom is -0.495 e. The highest BCUT2D eigenvalue weighted by molar-refractivity contribution is 7.96. The first-order valence-electron chi connectivity index (χ1n) is 12.1. The first-order chi connectivity index (χ1) is 17.8. The Kier molecular flexibility index (Phi) is 8.40. The number of anilines is 1. The molecule has 37 heavy (non-hydrogen) atoms. The molecule has 1 saturated heterocycles. The SMILES string of the molecule is COc1ccccc1N(CCN1CCC(C(=O)c2ccc(F)cc2)CC1)S(=O)(=O)C1=CCC(=NO)C=C1. The maximum absolute atomic E-state index is 13.7. The highest BCUT2D eigenvalue weighted by atomic mass is 32.2. The van der Waals surface area contributed by atoms with Gasteiger partial charge in [-0.1, -0.05) is 23.4 Å². The van der Waals surface area contributed by atoms with E-state index in [0.29, 0.717) is 55.2 Å². The zero-order chi connectivity index (χ0) is 26.4. The van der Waals surface area contributed by atoms with E-state index in [1.54, 1.807) is 24.3 Å². The number of ketones is 1. The van der Waals surface area contributed by atoms with Gasteiger partial charge in [-0.3, -0.25) is 9.10 Å². The predicted molar refractivity (Wildman–Crippen MR) is 140 cm³/mol. The number of sulfonamides is 1. The first-order valence-corrected chi connectivity index (χ1v) is 13.5. The zero-order valence-corrected chi connectivity index (χ0v) is 21.4. The third-order valence-corrected chi connectivity index (χ3v) is 8.59. The van der Waals surface area contributed by atoms with E-state index in [0.717, 1.165) is 0 Å². The van der Waals surface area contributed by atoms with E-state index < -0.39 is 10.0 Å². The maximum atomic E-state index is 13.7. The molecule has 1 aliphatic heterocycles. The van der Waals surface area contributed by atoms with Crippen LogP contribution in [0.3, 0.4) is 0 Å². The molecule has 0 radical (unpaired) electrons. The Morgan fingerprint density at radius 3 is 2.46 bits per heavy atom. The van der Waals surface area contributed by atoms with Crippen molar-refractivity contribution in [2.24, 2.45) is 11.1 Å². The minimum absolute atomic E-state index is 0.0136. The second-order valence-electron chi connectivity index (χ2n) is 8.97. The number of halogens is 1. The fourth-order valence-corrected chi connectivity index (χ4v) is 6.14. The van der Waals surface area contributed by atoms with Crippen LogP contribution in [0.4, 0.5) is 10.1 Å². The van der Waals surface area contributed by atoms with E-state index in [1.165, 1.54) is 53.9 Å². The molecule has 0 unspecified atom stereocenters. The normalized spacial score (nSPS) is 18.0. The highest BCUT2D eigenvalue weighted by Gasteiger charge is 2.31. The molecule has 8 nitrogen and oxygen atoms in total. The van der Waals surface area contributed by atoms with Gasteiger partial charge in [0.25, 0.3) is 10.0 Å². The van der Waals surface area contributed by atoms with Crippen LogP contribution in [0.25, 0.3) is 0 Å². The molecule has 0 amide bonds. The number of carbonyl (C=O) groups excluding carboxylic acids is 1. The van der Waals surface area contributed by atoms with Gasteiger partial charge in [0.05, 0.1) is 23.4 Å². The quantitative estimate of drug-likeness (QED) is 0.298. The van der Waals surface area contributed by atoms with Gasteiger partial charge >= 0.3 is 0 Å². The second kappa shape index (κ2) is 11.7. The zero-order valence-electron chi connectivity index (χ0n) is 20.6. The Bertz CT molecular complexity index is 1310.